The monoisotopic (exact) mass is 235 g/mol. The van der Waals surface area contributed by atoms with E-state index in [0.29, 0.717) is 6.54 Å². The van der Waals surface area contributed by atoms with Crippen LogP contribution in [0.1, 0.15) is 25.0 Å². The van der Waals surface area contributed by atoms with Crippen molar-refractivity contribution in [2.45, 2.75) is 33.4 Å². The molecule has 3 heteroatoms. The Morgan fingerprint density at radius 1 is 1.35 bits per heavy atom. The molecule has 0 amide bonds. The van der Waals surface area contributed by atoms with Gasteiger partial charge in [-0.05, 0) is 24.0 Å². The number of carbonyl (C=O) groups is 1. The van der Waals surface area contributed by atoms with Crippen molar-refractivity contribution in [1.29, 1.82) is 0 Å². The Hall–Kier alpha value is -1.35. The summed E-state index contributed by atoms with van der Waals surface area (Å²) >= 11 is 0. The van der Waals surface area contributed by atoms with E-state index >= 15 is 0 Å². The van der Waals surface area contributed by atoms with E-state index in [4.69, 9.17) is 4.74 Å². The largest absolute Gasteiger partial charge is 0.468 e. The average molecular weight is 235 g/mol. The molecule has 1 aromatic rings. The Bertz CT molecular complexity index is 374. The van der Waals surface area contributed by atoms with Gasteiger partial charge in [-0.3, -0.25) is 4.79 Å². The Morgan fingerprint density at radius 3 is 2.53 bits per heavy atom. The van der Waals surface area contributed by atoms with Gasteiger partial charge in [0.2, 0.25) is 0 Å². The van der Waals surface area contributed by atoms with Crippen LogP contribution in [0.3, 0.4) is 0 Å². The molecule has 0 radical (unpaired) electrons. The van der Waals surface area contributed by atoms with Crippen LogP contribution in [0.15, 0.2) is 24.3 Å². The fourth-order valence-corrected chi connectivity index (χ4v) is 1.75. The van der Waals surface area contributed by atoms with E-state index in [1.165, 1.54) is 18.2 Å². The number of carbonyl (C=O) groups excluding carboxylic acids is 1. The highest BCUT2D eigenvalue weighted by Gasteiger charge is 2.22. The third kappa shape index (κ3) is 3.86. The molecular weight excluding hydrogens is 214 g/mol. The van der Waals surface area contributed by atoms with Crippen LogP contribution in [-0.4, -0.2) is 19.1 Å². The number of hydrogen-bond acceptors (Lipinski definition) is 3. The van der Waals surface area contributed by atoms with Gasteiger partial charge in [0.25, 0.3) is 0 Å². The fourth-order valence-electron chi connectivity index (χ4n) is 1.75. The van der Waals surface area contributed by atoms with Crippen molar-refractivity contribution >= 4 is 5.97 Å². The molecule has 0 aromatic heterocycles. The fraction of sp³-hybridized carbons (Fsp3) is 0.500. The molecule has 1 rings (SSSR count). The number of ether oxygens (including phenoxy) is 1. The van der Waals surface area contributed by atoms with E-state index in [-0.39, 0.29) is 17.9 Å². The van der Waals surface area contributed by atoms with Gasteiger partial charge < -0.3 is 10.1 Å². The summed E-state index contributed by atoms with van der Waals surface area (Å²) in [6.07, 6.45) is 0. The van der Waals surface area contributed by atoms with Crippen LogP contribution in [0, 0.1) is 12.8 Å². The maximum atomic E-state index is 11.6. The molecule has 3 nitrogen and oxygen atoms in total. The smallest absolute Gasteiger partial charge is 0.323 e. The first-order valence-corrected chi connectivity index (χ1v) is 5.92. The quantitative estimate of drug-likeness (QED) is 0.796. The molecule has 1 aromatic carbocycles. The third-order valence-corrected chi connectivity index (χ3v) is 2.90. The topological polar surface area (TPSA) is 38.3 Å². The molecular formula is C14H21NO2. The van der Waals surface area contributed by atoms with Gasteiger partial charge in [-0.25, -0.2) is 0 Å². The van der Waals surface area contributed by atoms with Crippen molar-refractivity contribution in [1.82, 2.24) is 5.32 Å². The van der Waals surface area contributed by atoms with Gasteiger partial charge in [-0.2, -0.15) is 0 Å². The molecule has 0 saturated heterocycles. The van der Waals surface area contributed by atoms with Crippen molar-refractivity contribution in [3.8, 4) is 0 Å². The van der Waals surface area contributed by atoms with Gasteiger partial charge in [0, 0.05) is 6.54 Å². The normalized spacial score (nSPS) is 12.5. The van der Waals surface area contributed by atoms with Gasteiger partial charge in [0.1, 0.15) is 6.04 Å². The van der Waals surface area contributed by atoms with Crippen LogP contribution in [0.5, 0.6) is 0 Å². The maximum absolute atomic E-state index is 11.6. The summed E-state index contributed by atoms with van der Waals surface area (Å²) in [6.45, 7) is 6.77. The number of esters is 1. The summed E-state index contributed by atoms with van der Waals surface area (Å²) in [5, 5.41) is 3.25. The van der Waals surface area contributed by atoms with Crippen LogP contribution in [0.25, 0.3) is 0 Å². The number of benzene rings is 1. The van der Waals surface area contributed by atoms with E-state index in [1.807, 2.05) is 26.0 Å². The first kappa shape index (κ1) is 13.7. The zero-order valence-corrected chi connectivity index (χ0v) is 11.0. The summed E-state index contributed by atoms with van der Waals surface area (Å²) < 4.78 is 4.79. The second kappa shape index (κ2) is 6.40. The van der Waals surface area contributed by atoms with Crippen LogP contribution >= 0.6 is 0 Å². The number of hydrogen-bond donors (Lipinski definition) is 1. The number of methoxy groups -OCH3 is 1. The molecule has 0 bridgehead atoms. The maximum Gasteiger partial charge on any atom is 0.323 e. The first-order chi connectivity index (χ1) is 8.06. The summed E-state index contributed by atoms with van der Waals surface area (Å²) in [7, 11) is 1.42. The summed E-state index contributed by atoms with van der Waals surface area (Å²) in [6, 6.07) is 7.90. The van der Waals surface area contributed by atoms with Crippen molar-refractivity contribution in [2.24, 2.45) is 5.92 Å². The van der Waals surface area contributed by atoms with Crippen molar-refractivity contribution in [3.63, 3.8) is 0 Å². The Morgan fingerprint density at radius 2 is 2.00 bits per heavy atom. The summed E-state index contributed by atoms with van der Waals surface area (Å²) in [5.74, 6) is 0.0139. The number of nitrogens with one attached hydrogen (secondary N) is 1. The molecule has 0 aliphatic heterocycles. The summed E-state index contributed by atoms with van der Waals surface area (Å²) in [5.41, 5.74) is 2.44. The van der Waals surface area contributed by atoms with E-state index in [0.717, 1.165) is 0 Å². The van der Waals surface area contributed by atoms with Gasteiger partial charge in [0.05, 0.1) is 7.11 Å². The minimum Gasteiger partial charge on any atom is -0.468 e. The highest BCUT2D eigenvalue weighted by molar-refractivity contribution is 5.75. The van der Waals surface area contributed by atoms with Crippen molar-refractivity contribution in [2.75, 3.05) is 7.11 Å². The zero-order valence-electron chi connectivity index (χ0n) is 11.0. The molecule has 0 saturated carbocycles. The average Bonchev–Trinajstić information content (AvgIpc) is 2.30. The van der Waals surface area contributed by atoms with Gasteiger partial charge in [-0.15, -0.1) is 0 Å². The lowest BCUT2D eigenvalue weighted by molar-refractivity contribution is -0.144. The van der Waals surface area contributed by atoms with Crippen LogP contribution in [-0.2, 0) is 16.1 Å². The van der Waals surface area contributed by atoms with Crippen LogP contribution < -0.4 is 5.32 Å². The SMILES string of the molecule is COC(=O)C(NCc1ccccc1C)C(C)C. The van der Waals surface area contributed by atoms with E-state index in [9.17, 15) is 4.79 Å². The highest BCUT2D eigenvalue weighted by atomic mass is 16.5. The highest BCUT2D eigenvalue weighted by Crippen LogP contribution is 2.09. The lowest BCUT2D eigenvalue weighted by Crippen LogP contribution is -2.41. The Kier molecular flexibility index (Phi) is 5.16. The molecule has 0 aliphatic rings. The number of aryl methyl sites for hydroxylation is 1. The summed E-state index contributed by atoms with van der Waals surface area (Å²) in [4.78, 5) is 11.6. The van der Waals surface area contributed by atoms with E-state index in [2.05, 4.69) is 24.4 Å². The Balaban J connectivity index is 2.64. The molecule has 0 fully saturated rings. The third-order valence-electron chi connectivity index (χ3n) is 2.90. The van der Waals surface area contributed by atoms with Gasteiger partial charge in [0.15, 0.2) is 0 Å². The number of rotatable bonds is 5. The first-order valence-electron chi connectivity index (χ1n) is 5.92. The molecule has 0 spiro atoms. The van der Waals surface area contributed by atoms with Crippen LogP contribution in [0.4, 0.5) is 0 Å². The standard InChI is InChI=1S/C14H21NO2/c1-10(2)13(14(16)17-4)15-9-12-8-6-5-7-11(12)3/h5-8,10,13,15H,9H2,1-4H3. The lowest BCUT2D eigenvalue weighted by atomic mass is 10.0. The molecule has 17 heavy (non-hydrogen) atoms. The van der Waals surface area contributed by atoms with E-state index < -0.39 is 0 Å². The molecule has 1 atom stereocenters. The van der Waals surface area contributed by atoms with Crippen LogP contribution in [0.2, 0.25) is 0 Å². The second-order valence-corrected chi connectivity index (χ2v) is 4.55. The van der Waals surface area contributed by atoms with Gasteiger partial charge in [-0.1, -0.05) is 38.1 Å². The van der Waals surface area contributed by atoms with Crippen molar-refractivity contribution in [3.05, 3.63) is 35.4 Å². The van der Waals surface area contributed by atoms with Gasteiger partial charge >= 0.3 is 5.97 Å². The second-order valence-electron chi connectivity index (χ2n) is 4.55. The zero-order chi connectivity index (χ0) is 12.8. The Labute approximate surface area is 103 Å². The molecule has 0 heterocycles. The molecule has 0 aliphatic carbocycles. The van der Waals surface area contributed by atoms with E-state index in [1.54, 1.807) is 0 Å². The lowest BCUT2D eigenvalue weighted by Gasteiger charge is -2.20. The molecule has 1 N–H and O–H groups in total. The molecule has 94 valence electrons. The van der Waals surface area contributed by atoms with Crippen molar-refractivity contribution < 1.29 is 9.53 Å². The minimum absolute atomic E-state index is 0.200. The predicted octanol–water partition coefficient (Wildman–Crippen LogP) is 2.28. The minimum atomic E-state index is -0.250. The molecule has 1 unspecified atom stereocenters. The predicted molar refractivity (Wildman–Crippen MR) is 68.7 cm³/mol.